The molecule has 0 amide bonds. The number of benzene rings is 5. The fraction of sp³-hybridized carbons (Fsp3) is 0. The number of hydrogen-bond donors (Lipinski definition) is 0. The van der Waals surface area contributed by atoms with Crippen LogP contribution in [0.1, 0.15) is 0 Å². The maximum Gasteiger partial charge on any atom is 0.137 e. The van der Waals surface area contributed by atoms with Crippen LogP contribution in [0.25, 0.3) is 72.3 Å². The van der Waals surface area contributed by atoms with E-state index < -0.39 is 0 Å². The summed E-state index contributed by atoms with van der Waals surface area (Å²) in [5.74, 6) is 0. The first-order valence-corrected chi connectivity index (χ1v) is 14.5. The molecule has 3 aromatic heterocycles. The smallest absolute Gasteiger partial charge is 0.137 e. The molecule has 0 N–H and O–H groups in total. The average molecular weight is 550 g/mol. The number of fused-ring (bicyclic) bond motifs is 2. The summed E-state index contributed by atoms with van der Waals surface area (Å²) in [6.45, 7) is 0. The summed E-state index contributed by atoms with van der Waals surface area (Å²) in [5.41, 5.74) is 12.2. The zero-order valence-corrected chi connectivity index (χ0v) is 23.4. The van der Waals surface area contributed by atoms with Crippen molar-refractivity contribution in [2.75, 3.05) is 0 Å². The van der Waals surface area contributed by atoms with Gasteiger partial charge in [-0.05, 0) is 81.1 Å². The van der Waals surface area contributed by atoms with Crippen molar-refractivity contribution in [3.63, 3.8) is 0 Å². The zero-order chi connectivity index (χ0) is 28.6. The molecule has 0 unspecified atom stereocenters. The summed E-state index contributed by atoms with van der Waals surface area (Å²) in [5, 5.41) is 2.48. The van der Waals surface area contributed by atoms with Gasteiger partial charge < -0.3 is 0 Å². The summed E-state index contributed by atoms with van der Waals surface area (Å²) in [6, 6.07) is 51.6. The SMILES string of the molecule is c1ccc(-c2nc3ccccn3c2-c2ccc(-c3cc(-c4cccnc4)cc(-c4ccc5ccccc5c4)c3)cc2)cc1. The summed E-state index contributed by atoms with van der Waals surface area (Å²) < 4.78 is 2.18. The Kier molecular flexibility index (Phi) is 6.12. The van der Waals surface area contributed by atoms with Crippen LogP contribution in [0.5, 0.6) is 0 Å². The van der Waals surface area contributed by atoms with Gasteiger partial charge >= 0.3 is 0 Å². The molecule has 0 atom stereocenters. The Bertz CT molecular complexity index is 2210. The third-order valence-electron chi connectivity index (χ3n) is 8.08. The lowest BCUT2D eigenvalue weighted by Crippen LogP contribution is -1.90. The predicted molar refractivity (Wildman–Crippen MR) is 178 cm³/mol. The van der Waals surface area contributed by atoms with Crippen molar-refractivity contribution < 1.29 is 0 Å². The van der Waals surface area contributed by atoms with Crippen LogP contribution in [-0.2, 0) is 0 Å². The van der Waals surface area contributed by atoms with Gasteiger partial charge in [0.05, 0.1) is 11.4 Å². The van der Waals surface area contributed by atoms with E-state index in [2.05, 4.69) is 143 Å². The Labute approximate surface area is 250 Å². The maximum atomic E-state index is 5.01. The molecule has 0 aliphatic rings. The molecule has 8 aromatic rings. The highest BCUT2D eigenvalue weighted by Gasteiger charge is 2.16. The van der Waals surface area contributed by atoms with Crippen LogP contribution >= 0.6 is 0 Å². The van der Waals surface area contributed by atoms with Crippen molar-refractivity contribution in [1.82, 2.24) is 14.4 Å². The quantitative estimate of drug-likeness (QED) is 0.214. The van der Waals surface area contributed by atoms with Crippen molar-refractivity contribution in [2.45, 2.75) is 0 Å². The molecule has 8 rings (SSSR count). The Balaban J connectivity index is 1.25. The molecule has 0 spiro atoms. The Morgan fingerprint density at radius 1 is 0.419 bits per heavy atom. The summed E-state index contributed by atoms with van der Waals surface area (Å²) >= 11 is 0. The molecule has 3 nitrogen and oxygen atoms in total. The van der Waals surface area contributed by atoms with Gasteiger partial charge in [-0.15, -0.1) is 0 Å². The predicted octanol–water partition coefficient (Wildman–Crippen LogP) is 10.2. The number of aromatic nitrogens is 3. The standard InChI is InChI=1S/C40H27N3/c1-2-10-30(11-3-1)39-40(43-22-7-6-14-38(43)42-39)31-18-15-29(16-19-31)35-24-36(26-37(25-35)34-13-8-21-41-27-34)33-20-17-28-9-4-5-12-32(28)23-33/h1-27H. The van der Waals surface area contributed by atoms with Gasteiger partial charge in [0.2, 0.25) is 0 Å². The molecule has 0 aliphatic carbocycles. The molecule has 0 saturated heterocycles. The molecule has 0 fully saturated rings. The van der Waals surface area contributed by atoms with Crippen LogP contribution in [0.3, 0.4) is 0 Å². The third kappa shape index (κ3) is 4.67. The second kappa shape index (κ2) is 10.6. The molecule has 0 aliphatic heterocycles. The van der Waals surface area contributed by atoms with E-state index in [1.54, 1.807) is 0 Å². The van der Waals surface area contributed by atoms with E-state index in [4.69, 9.17) is 4.98 Å². The number of hydrogen-bond acceptors (Lipinski definition) is 2. The van der Waals surface area contributed by atoms with Gasteiger partial charge in [0, 0.05) is 35.3 Å². The van der Waals surface area contributed by atoms with Crippen LogP contribution in [0.4, 0.5) is 0 Å². The second-order valence-electron chi connectivity index (χ2n) is 10.8. The molecule has 43 heavy (non-hydrogen) atoms. The van der Waals surface area contributed by atoms with E-state index in [0.29, 0.717) is 0 Å². The number of rotatable bonds is 5. The van der Waals surface area contributed by atoms with Crippen molar-refractivity contribution in [2.24, 2.45) is 0 Å². The van der Waals surface area contributed by atoms with Crippen molar-refractivity contribution in [3.05, 3.63) is 164 Å². The molecule has 0 radical (unpaired) electrons. The minimum absolute atomic E-state index is 0.935. The molecular weight excluding hydrogens is 522 g/mol. The highest BCUT2D eigenvalue weighted by Crippen LogP contribution is 2.37. The zero-order valence-electron chi connectivity index (χ0n) is 23.4. The molecule has 202 valence electrons. The van der Waals surface area contributed by atoms with Gasteiger partial charge in [0.1, 0.15) is 5.65 Å². The van der Waals surface area contributed by atoms with E-state index >= 15 is 0 Å². The molecule has 0 bridgehead atoms. The molecular formula is C40H27N3. The second-order valence-corrected chi connectivity index (χ2v) is 10.8. The number of nitrogens with zero attached hydrogens (tertiary/aromatic N) is 3. The average Bonchev–Trinajstić information content (AvgIpc) is 3.48. The fourth-order valence-electron chi connectivity index (χ4n) is 5.92. The Hall–Kier alpha value is -5.80. The highest BCUT2D eigenvalue weighted by molar-refractivity contribution is 5.90. The summed E-state index contributed by atoms with van der Waals surface area (Å²) in [4.78, 5) is 9.41. The molecule has 3 heteroatoms. The normalized spacial score (nSPS) is 11.3. The van der Waals surface area contributed by atoms with E-state index in [1.165, 1.54) is 21.9 Å². The van der Waals surface area contributed by atoms with Gasteiger partial charge in [-0.3, -0.25) is 9.38 Å². The first kappa shape index (κ1) is 25.0. The van der Waals surface area contributed by atoms with Crippen molar-refractivity contribution in [3.8, 4) is 55.9 Å². The van der Waals surface area contributed by atoms with E-state index in [1.807, 2.05) is 30.6 Å². The van der Waals surface area contributed by atoms with Crippen LogP contribution in [0.2, 0.25) is 0 Å². The van der Waals surface area contributed by atoms with Crippen LogP contribution in [-0.4, -0.2) is 14.4 Å². The summed E-state index contributed by atoms with van der Waals surface area (Å²) in [7, 11) is 0. The van der Waals surface area contributed by atoms with Gasteiger partial charge in [0.15, 0.2) is 0 Å². The van der Waals surface area contributed by atoms with Crippen molar-refractivity contribution in [1.29, 1.82) is 0 Å². The molecule has 3 heterocycles. The van der Waals surface area contributed by atoms with Gasteiger partial charge in [0.25, 0.3) is 0 Å². The first-order chi connectivity index (χ1) is 21.3. The Morgan fingerprint density at radius 2 is 1.07 bits per heavy atom. The lowest BCUT2D eigenvalue weighted by molar-refractivity contribution is 1.19. The van der Waals surface area contributed by atoms with Crippen LogP contribution < -0.4 is 0 Å². The molecule has 5 aromatic carbocycles. The number of imidazole rings is 1. The summed E-state index contributed by atoms with van der Waals surface area (Å²) in [6.07, 6.45) is 5.84. The van der Waals surface area contributed by atoms with Crippen LogP contribution in [0.15, 0.2) is 164 Å². The number of pyridine rings is 2. The minimum Gasteiger partial charge on any atom is -0.299 e. The lowest BCUT2D eigenvalue weighted by atomic mass is 9.92. The minimum atomic E-state index is 0.935. The lowest BCUT2D eigenvalue weighted by Gasteiger charge is -2.13. The van der Waals surface area contributed by atoms with Gasteiger partial charge in [-0.1, -0.05) is 103 Å². The fourth-order valence-corrected chi connectivity index (χ4v) is 5.92. The van der Waals surface area contributed by atoms with Gasteiger partial charge in [-0.2, -0.15) is 0 Å². The Morgan fingerprint density at radius 3 is 1.86 bits per heavy atom. The monoisotopic (exact) mass is 549 g/mol. The van der Waals surface area contributed by atoms with Crippen molar-refractivity contribution >= 4 is 16.4 Å². The third-order valence-corrected chi connectivity index (χ3v) is 8.08. The largest absolute Gasteiger partial charge is 0.299 e. The van der Waals surface area contributed by atoms with E-state index in [9.17, 15) is 0 Å². The van der Waals surface area contributed by atoms with Crippen LogP contribution in [0, 0.1) is 0 Å². The van der Waals surface area contributed by atoms with E-state index in [-0.39, 0.29) is 0 Å². The first-order valence-electron chi connectivity index (χ1n) is 14.5. The van der Waals surface area contributed by atoms with E-state index in [0.717, 1.165) is 50.4 Å². The topological polar surface area (TPSA) is 30.2 Å². The highest BCUT2D eigenvalue weighted by atomic mass is 15.0. The molecule has 0 saturated carbocycles. The maximum absolute atomic E-state index is 5.01. The van der Waals surface area contributed by atoms with Gasteiger partial charge in [-0.25, -0.2) is 4.98 Å².